The second-order valence-corrected chi connectivity index (χ2v) is 10.8. The number of nitrogens with one attached hydrogen (secondary N) is 2. The third kappa shape index (κ3) is 4.75. The first kappa shape index (κ1) is 22.5. The Morgan fingerprint density at radius 1 is 0.970 bits per heavy atom. The summed E-state index contributed by atoms with van der Waals surface area (Å²) >= 11 is 0. The lowest BCUT2D eigenvalue weighted by atomic mass is 9.83. The van der Waals surface area contributed by atoms with Crippen molar-refractivity contribution in [1.29, 1.82) is 0 Å². The summed E-state index contributed by atoms with van der Waals surface area (Å²) in [5.74, 6) is -0.158. The highest BCUT2D eigenvalue weighted by molar-refractivity contribution is 7.92. The summed E-state index contributed by atoms with van der Waals surface area (Å²) in [6.45, 7) is 6.17. The smallest absolute Gasteiger partial charge is 0.344 e. The first-order chi connectivity index (χ1) is 15.4. The molecule has 33 heavy (non-hydrogen) atoms. The minimum atomic E-state index is -3.38. The van der Waals surface area contributed by atoms with Gasteiger partial charge < -0.3 is 9.72 Å². The van der Waals surface area contributed by atoms with Crippen molar-refractivity contribution in [2.45, 2.75) is 26.2 Å². The molecule has 0 aliphatic carbocycles. The minimum Gasteiger partial charge on any atom is -0.422 e. The minimum absolute atomic E-state index is 0.235. The fourth-order valence-corrected chi connectivity index (χ4v) is 4.19. The highest BCUT2D eigenvalue weighted by atomic mass is 32.2. The van der Waals surface area contributed by atoms with Gasteiger partial charge in [-0.25, -0.2) is 13.2 Å². The standard InChI is InChI=1S/C25H24N2O5S/c1-25(2,3)16-13-19(18-6-5-11-26-23(18)28)22-20(14-16)21(24(29)32-22)12-15-7-9-17(10-8-15)27-33(4,30)31/h5-14,27H,1-4H3,(H,26,28). The third-order valence-corrected chi connectivity index (χ3v) is 5.90. The molecule has 0 saturated carbocycles. The van der Waals surface area contributed by atoms with Gasteiger partial charge in [0.05, 0.1) is 17.4 Å². The van der Waals surface area contributed by atoms with E-state index < -0.39 is 16.0 Å². The number of aromatic nitrogens is 1. The topological polar surface area (TPSA) is 105 Å². The van der Waals surface area contributed by atoms with Gasteiger partial charge >= 0.3 is 5.97 Å². The summed E-state index contributed by atoms with van der Waals surface area (Å²) in [6.07, 6.45) is 4.33. The number of carbonyl (C=O) groups excluding carboxylic acids is 1. The van der Waals surface area contributed by atoms with Crippen molar-refractivity contribution < 1.29 is 17.9 Å². The number of H-pyrrole nitrogens is 1. The molecule has 0 atom stereocenters. The molecule has 170 valence electrons. The van der Waals surface area contributed by atoms with Gasteiger partial charge in [0, 0.05) is 23.0 Å². The molecule has 0 amide bonds. The highest BCUT2D eigenvalue weighted by Gasteiger charge is 2.32. The van der Waals surface area contributed by atoms with Crippen LogP contribution >= 0.6 is 0 Å². The maximum absolute atomic E-state index is 12.9. The lowest BCUT2D eigenvalue weighted by Gasteiger charge is -2.21. The molecule has 2 aromatic carbocycles. The van der Waals surface area contributed by atoms with E-state index in [0.717, 1.165) is 11.8 Å². The van der Waals surface area contributed by atoms with Gasteiger partial charge in [-0.3, -0.25) is 9.52 Å². The number of carbonyl (C=O) groups is 1. The Bertz CT molecular complexity index is 1440. The van der Waals surface area contributed by atoms with Crippen LogP contribution in [-0.4, -0.2) is 25.6 Å². The highest BCUT2D eigenvalue weighted by Crippen LogP contribution is 2.44. The average Bonchev–Trinajstić information content (AvgIpc) is 3.03. The van der Waals surface area contributed by atoms with E-state index in [2.05, 4.69) is 30.5 Å². The van der Waals surface area contributed by atoms with Crippen LogP contribution in [0.5, 0.6) is 5.75 Å². The quantitative estimate of drug-likeness (QED) is 0.343. The molecule has 4 rings (SSSR count). The van der Waals surface area contributed by atoms with Crippen molar-refractivity contribution in [3.8, 4) is 16.9 Å². The summed E-state index contributed by atoms with van der Waals surface area (Å²) in [7, 11) is -3.38. The summed E-state index contributed by atoms with van der Waals surface area (Å²) in [5.41, 5.74) is 3.54. The van der Waals surface area contributed by atoms with Crippen molar-refractivity contribution in [2.24, 2.45) is 0 Å². The fourth-order valence-electron chi connectivity index (χ4n) is 3.63. The van der Waals surface area contributed by atoms with E-state index in [-0.39, 0.29) is 11.0 Å². The fraction of sp³-hybridized carbons (Fsp3) is 0.200. The van der Waals surface area contributed by atoms with Crippen LogP contribution in [0.2, 0.25) is 0 Å². The van der Waals surface area contributed by atoms with Crippen molar-refractivity contribution in [3.05, 3.63) is 81.8 Å². The Kier molecular flexibility index (Phi) is 5.49. The Morgan fingerprint density at radius 3 is 2.24 bits per heavy atom. The molecular formula is C25H24N2O5S. The molecule has 1 aliphatic heterocycles. The van der Waals surface area contributed by atoms with Crippen LogP contribution in [0.15, 0.2) is 59.5 Å². The van der Waals surface area contributed by atoms with Crippen molar-refractivity contribution in [3.63, 3.8) is 0 Å². The number of esters is 1. The number of sulfonamides is 1. The van der Waals surface area contributed by atoms with E-state index in [1.807, 2.05) is 12.1 Å². The molecule has 0 saturated heterocycles. The predicted octanol–water partition coefficient (Wildman–Crippen LogP) is 4.17. The number of fused-ring (bicyclic) bond motifs is 1. The van der Waals surface area contributed by atoms with Crippen LogP contribution in [0.1, 0.15) is 37.5 Å². The molecule has 7 nitrogen and oxygen atoms in total. The van der Waals surface area contributed by atoms with Gasteiger partial charge in [-0.2, -0.15) is 0 Å². The lowest BCUT2D eigenvalue weighted by molar-refractivity contribution is -0.126. The SMILES string of the molecule is CC(C)(C)c1cc2c(c(-c3ccc[nH]c3=O)c1)OC(=O)C2=Cc1ccc(NS(C)(=O)=O)cc1. The average molecular weight is 465 g/mol. The van der Waals surface area contributed by atoms with Crippen molar-refractivity contribution in [2.75, 3.05) is 11.0 Å². The summed E-state index contributed by atoms with van der Waals surface area (Å²) in [6, 6.07) is 13.9. The molecular weight excluding hydrogens is 440 g/mol. The van der Waals surface area contributed by atoms with E-state index in [9.17, 15) is 18.0 Å². The van der Waals surface area contributed by atoms with Gasteiger partial charge in [0.1, 0.15) is 5.75 Å². The molecule has 3 aromatic rings. The molecule has 1 aromatic heterocycles. The van der Waals surface area contributed by atoms with Crippen LogP contribution in [0, 0.1) is 0 Å². The molecule has 2 N–H and O–H groups in total. The molecule has 2 heterocycles. The largest absolute Gasteiger partial charge is 0.422 e. The molecule has 0 spiro atoms. The van der Waals surface area contributed by atoms with Crippen LogP contribution in [0.4, 0.5) is 5.69 Å². The van der Waals surface area contributed by atoms with E-state index in [4.69, 9.17) is 4.74 Å². The zero-order chi connectivity index (χ0) is 24.0. The number of hydrogen-bond donors (Lipinski definition) is 2. The number of hydrogen-bond acceptors (Lipinski definition) is 5. The van der Waals surface area contributed by atoms with Gasteiger partial charge in [-0.05, 0) is 59.0 Å². The van der Waals surface area contributed by atoms with Crippen LogP contribution in [0.25, 0.3) is 22.8 Å². The van der Waals surface area contributed by atoms with Gasteiger partial charge in [-0.1, -0.05) is 32.9 Å². The lowest BCUT2D eigenvalue weighted by Crippen LogP contribution is -2.13. The predicted molar refractivity (Wildman–Crippen MR) is 130 cm³/mol. The Labute approximate surface area is 192 Å². The van der Waals surface area contributed by atoms with E-state index in [1.165, 1.54) is 0 Å². The molecule has 8 heteroatoms. The number of aromatic amines is 1. The molecule has 0 radical (unpaired) electrons. The second-order valence-electron chi connectivity index (χ2n) is 9.01. The van der Waals surface area contributed by atoms with Gasteiger partial charge in [-0.15, -0.1) is 0 Å². The van der Waals surface area contributed by atoms with E-state index in [1.54, 1.807) is 48.7 Å². The first-order valence-corrected chi connectivity index (χ1v) is 12.2. The molecule has 0 unspecified atom stereocenters. The zero-order valence-electron chi connectivity index (χ0n) is 18.7. The third-order valence-electron chi connectivity index (χ3n) is 5.29. The summed E-state index contributed by atoms with van der Waals surface area (Å²) in [5, 5.41) is 0. The number of benzene rings is 2. The second kappa shape index (κ2) is 8.04. The van der Waals surface area contributed by atoms with Crippen molar-refractivity contribution in [1.82, 2.24) is 4.98 Å². The number of rotatable bonds is 4. The number of pyridine rings is 1. The van der Waals surface area contributed by atoms with Gasteiger partial charge in [0.25, 0.3) is 5.56 Å². The van der Waals surface area contributed by atoms with Crippen LogP contribution < -0.4 is 15.0 Å². The van der Waals surface area contributed by atoms with Crippen LogP contribution in [-0.2, 0) is 20.2 Å². The van der Waals surface area contributed by atoms with Crippen LogP contribution in [0.3, 0.4) is 0 Å². The van der Waals surface area contributed by atoms with Gasteiger partial charge in [0.15, 0.2) is 0 Å². The Balaban J connectivity index is 1.86. The maximum atomic E-state index is 12.9. The summed E-state index contributed by atoms with van der Waals surface area (Å²) in [4.78, 5) is 28.0. The molecule has 1 aliphatic rings. The maximum Gasteiger partial charge on any atom is 0.344 e. The summed E-state index contributed by atoms with van der Waals surface area (Å²) < 4.78 is 30.9. The van der Waals surface area contributed by atoms with Gasteiger partial charge in [0.2, 0.25) is 10.0 Å². The Hall–Kier alpha value is -3.65. The Morgan fingerprint density at radius 2 is 1.64 bits per heavy atom. The zero-order valence-corrected chi connectivity index (χ0v) is 19.5. The molecule has 0 bridgehead atoms. The van der Waals surface area contributed by atoms with E-state index >= 15 is 0 Å². The van der Waals surface area contributed by atoms with E-state index in [0.29, 0.717) is 39.3 Å². The van der Waals surface area contributed by atoms with Crippen molar-refractivity contribution >= 4 is 33.3 Å². The molecule has 0 fully saturated rings. The normalized spacial score (nSPS) is 14.8. The monoisotopic (exact) mass is 464 g/mol. The number of ether oxygens (including phenoxy) is 1. The first-order valence-electron chi connectivity index (χ1n) is 10.3. The number of anilines is 1.